The smallest absolute Gasteiger partial charge is 0.186 e. The maximum atomic E-state index is 13.8. The molecule has 0 aromatic heterocycles. The van der Waals surface area contributed by atoms with Gasteiger partial charge in [-0.25, -0.2) is 0 Å². The van der Waals surface area contributed by atoms with Gasteiger partial charge in [0.2, 0.25) is 0 Å². The van der Waals surface area contributed by atoms with E-state index in [-0.39, 0.29) is 19.5 Å². The molecule has 2 aromatic rings. The number of hydrogen-bond donors (Lipinski definition) is 0. The molecule has 0 saturated carbocycles. The van der Waals surface area contributed by atoms with E-state index in [1.165, 1.54) is 5.56 Å². The number of carbonyl (C=O) groups excluding carboxylic acids is 1. The maximum Gasteiger partial charge on any atom is 0.186 e. The van der Waals surface area contributed by atoms with Gasteiger partial charge in [0, 0.05) is 37.5 Å². The van der Waals surface area contributed by atoms with E-state index in [0.29, 0.717) is 82.0 Å². The second-order valence-corrected chi connectivity index (χ2v) is 11.3. The predicted molar refractivity (Wildman–Crippen MR) is 159 cm³/mol. The van der Waals surface area contributed by atoms with E-state index in [9.17, 15) is 4.79 Å². The fourth-order valence-electron chi connectivity index (χ4n) is 4.00. The van der Waals surface area contributed by atoms with Crippen LogP contribution in [-0.2, 0) is 19.6 Å². The monoisotopic (exact) mass is 562 g/mol. The van der Waals surface area contributed by atoms with Crippen molar-refractivity contribution < 1.29 is 33.2 Å². The topological polar surface area (TPSA) is 72.5 Å². The molecular weight excluding hydrogens is 515 g/mol. The van der Waals surface area contributed by atoms with Crippen LogP contribution < -0.4 is 19.5 Å². The molecule has 0 fully saturated rings. The lowest BCUT2D eigenvalue weighted by molar-refractivity contribution is 0.105. The molecule has 218 valence electrons. The quantitative estimate of drug-likeness (QED) is 0.163. The van der Waals surface area contributed by atoms with Gasteiger partial charge < -0.3 is 28.4 Å². The molecule has 0 heterocycles. The molecule has 1 atom stereocenters. The highest BCUT2D eigenvalue weighted by atomic mass is 31.1. The molecule has 0 N–H and O–H groups in total. The molecule has 8 heteroatoms. The summed E-state index contributed by atoms with van der Waals surface area (Å²) >= 11 is 0. The number of rotatable bonds is 18. The van der Waals surface area contributed by atoms with Crippen molar-refractivity contribution in [1.29, 1.82) is 0 Å². The third kappa shape index (κ3) is 10.7. The number of benzene rings is 2. The van der Waals surface area contributed by atoms with Gasteiger partial charge in [0.25, 0.3) is 0 Å². The van der Waals surface area contributed by atoms with Gasteiger partial charge in [-0.15, -0.1) is 0 Å². The van der Waals surface area contributed by atoms with Gasteiger partial charge >= 0.3 is 0 Å². The van der Waals surface area contributed by atoms with Crippen LogP contribution in [0.3, 0.4) is 0 Å². The largest absolute Gasteiger partial charge is 0.491 e. The van der Waals surface area contributed by atoms with E-state index < -0.39 is 0 Å². The number of ether oxygens (including phenoxy) is 6. The predicted octanol–water partition coefficient (Wildman–Crippen LogP) is 5.99. The van der Waals surface area contributed by atoms with Gasteiger partial charge in [-0.2, -0.15) is 0 Å². The first kappa shape index (κ1) is 33.0. The zero-order chi connectivity index (χ0) is 28.8. The van der Waals surface area contributed by atoms with Crippen molar-refractivity contribution in [2.24, 2.45) is 0 Å². The Hall–Kier alpha value is -2.18. The summed E-state index contributed by atoms with van der Waals surface area (Å²) in [5.41, 5.74) is 3.96. The average molecular weight is 563 g/mol. The summed E-state index contributed by atoms with van der Waals surface area (Å²) in [6.07, 6.45) is 0. The Kier molecular flexibility index (Phi) is 14.2. The van der Waals surface area contributed by atoms with E-state index in [0.717, 1.165) is 16.7 Å². The van der Waals surface area contributed by atoms with Gasteiger partial charge in [0.1, 0.15) is 37.1 Å². The molecule has 0 spiro atoms. The summed E-state index contributed by atoms with van der Waals surface area (Å²) in [7, 11) is -0.198. The SMILES string of the molecule is CCOCCOc1cc(OCCOCC)c(PC(=O)c2c(C)cc(C(C)(C)C)cc2C)c(OCCOCC)c1. The van der Waals surface area contributed by atoms with Gasteiger partial charge in [0.05, 0.1) is 25.1 Å². The molecule has 39 heavy (non-hydrogen) atoms. The van der Waals surface area contributed by atoms with Crippen molar-refractivity contribution in [3.63, 3.8) is 0 Å². The van der Waals surface area contributed by atoms with E-state index >= 15 is 0 Å². The Morgan fingerprint density at radius 3 is 1.54 bits per heavy atom. The summed E-state index contributed by atoms with van der Waals surface area (Å²) in [6, 6.07) is 7.90. The van der Waals surface area contributed by atoms with Crippen molar-refractivity contribution in [3.05, 3.63) is 46.5 Å². The van der Waals surface area contributed by atoms with Crippen LogP contribution in [0.1, 0.15) is 68.6 Å². The fraction of sp³-hybridized carbons (Fsp3) is 0.581. The lowest BCUT2D eigenvalue weighted by Crippen LogP contribution is -2.18. The highest BCUT2D eigenvalue weighted by Crippen LogP contribution is 2.36. The first-order chi connectivity index (χ1) is 18.6. The summed E-state index contributed by atoms with van der Waals surface area (Å²) in [5, 5.41) is 0.712. The third-order valence-corrected chi connectivity index (χ3v) is 7.20. The number of aryl methyl sites for hydroxylation is 2. The van der Waals surface area contributed by atoms with Crippen LogP contribution in [0.4, 0.5) is 0 Å². The van der Waals surface area contributed by atoms with Crippen molar-refractivity contribution >= 4 is 19.4 Å². The minimum absolute atomic E-state index is 0.000518. The summed E-state index contributed by atoms with van der Waals surface area (Å²) in [5.74, 6) is 1.71. The van der Waals surface area contributed by atoms with Gasteiger partial charge in [0.15, 0.2) is 5.52 Å². The van der Waals surface area contributed by atoms with Crippen molar-refractivity contribution in [2.75, 3.05) is 59.5 Å². The molecule has 0 saturated heterocycles. The molecule has 0 aliphatic heterocycles. The van der Waals surface area contributed by atoms with Crippen molar-refractivity contribution in [3.8, 4) is 17.2 Å². The van der Waals surface area contributed by atoms with Gasteiger partial charge in [-0.05, 0) is 65.3 Å². The van der Waals surface area contributed by atoms with Crippen LogP contribution >= 0.6 is 8.58 Å². The molecule has 7 nitrogen and oxygen atoms in total. The Bertz CT molecular complexity index is 990. The molecule has 2 rings (SSSR count). The molecule has 0 aliphatic carbocycles. The molecule has 0 aliphatic rings. The summed E-state index contributed by atoms with van der Waals surface area (Å²) < 4.78 is 34.6. The molecular formula is C31H47O7P. The normalized spacial score (nSPS) is 11.8. The van der Waals surface area contributed by atoms with Crippen LogP contribution in [0, 0.1) is 13.8 Å². The van der Waals surface area contributed by atoms with E-state index in [1.54, 1.807) is 0 Å². The standard InChI is InChI=1S/C31H47O7P/c1-9-33-12-15-36-25-20-26(37-16-13-34-10-2)29(27(21-25)38-17-14-35-11-3)39-30(32)28-22(4)18-24(19-23(28)5)31(6,7)8/h18-21,39H,9-17H2,1-8H3. The molecule has 1 unspecified atom stereocenters. The van der Waals surface area contributed by atoms with Crippen LogP contribution in [0.15, 0.2) is 24.3 Å². The Morgan fingerprint density at radius 2 is 1.13 bits per heavy atom. The summed E-state index contributed by atoms with van der Waals surface area (Å²) in [4.78, 5) is 13.8. The van der Waals surface area contributed by atoms with Gasteiger partial charge in [-0.3, -0.25) is 4.79 Å². The highest BCUT2D eigenvalue weighted by Gasteiger charge is 2.23. The lowest BCUT2D eigenvalue weighted by Gasteiger charge is -2.22. The van der Waals surface area contributed by atoms with Crippen molar-refractivity contribution in [1.82, 2.24) is 0 Å². The van der Waals surface area contributed by atoms with Crippen molar-refractivity contribution in [2.45, 2.75) is 60.8 Å². The van der Waals surface area contributed by atoms with Crippen LogP contribution in [0.25, 0.3) is 0 Å². The van der Waals surface area contributed by atoms with Crippen LogP contribution in [-0.4, -0.2) is 65.0 Å². The maximum absolute atomic E-state index is 13.8. The van der Waals surface area contributed by atoms with Crippen LogP contribution in [0.5, 0.6) is 17.2 Å². The van der Waals surface area contributed by atoms with Crippen LogP contribution in [0.2, 0.25) is 0 Å². The van der Waals surface area contributed by atoms with E-state index in [1.807, 2.05) is 46.8 Å². The highest BCUT2D eigenvalue weighted by molar-refractivity contribution is 7.66. The molecule has 0 radical (unpaired) electrons. The average Bonchev–Trinajstić information content (AvgIpc) is 2.87. The summed E-state index contributed by atoms with van der Waals surface area (Å²) in [6.45, 7) is 20.7. The second kappa shape index (κ2) is 16.8. The number of hydrogen-bond acceptors (Lipinski definition) is 7. The van der Waals surface area contributed by atoms with E-state index in [2.05, 4.69) is 32.9 Å². The van der Waals surface area contributed by atoms with Gasteiger partial charge in [-0.1, -0.05) is 32.9 Å². The first-order valence-electron chi connectivity index (χ1n) is 13.8. The Balaban J connectivity index is 2.45. The minimum atomic E-state index is -0.198. The second-order valence-electron chi connectivity index (χ2n) is 10.1. The minimum Gasteiger partial charge on any atom is -0.491 e. The first-order valence-corrected chi connectivity index (χ1v) is 14.8. The third-order valence-electron chi connectivity index (χ3n) is 5.98. The Labute approximate surface area is 236 Å². The molecule has 2 aromatic carbocycles. The molecule has 0 bridgehead atoms. The Morgan fingerprint density at radius 1 is 0.692 bits per heavy atom. The molecule has 0 amide bonds. The zero-order valence-electron chi connectivity index (χ0n) is 25.0. The van der Waals surface area contributed by atoms with E-state index in [4.69, 9.17) is 28.4 Å². The fourth-order valence-corrected chi connectivity index (χ4v) is 5.28. The number of carbonyl (C=O) groups is 1. The lowest BCUT2D eigenvalue weighted by atomic mass is 9.84. The zero-order valence-corrected chi connectivity index (χ0v) is 26.0.